The largest absolute Gasteiger partial charge is 0.868 e. The van der Waals surface area contributed by atoms with E-state index in [9.17, 15) is 9.59 Å². The molecule has 2 aromatic carbocycles. The highest BCUT2D eigenvalue weighted by Gasteiger charge is 2.33. The summed E-state index contributed by atoms with van der Waals surface area (Å²) >= 11 is 0. The first-order chi connectivity index (χ1) is 14.4. The fourth-order valence-corrected chi connectivity index (χ4v) is 3.08. The number of hydrogen-bond donors (Lipinski definition) is 1. The van der Waals surface area contributed by atoms with Gasteiger partial charge in [0, 0.05) is 31.5 Å². The highest BCUT2D eigenvalue weighted by Crippen LogP contribution is 2.31. The fraction of sp³-hybridized carbons (Fsp3) is 0.304. The van der Waals surface area contributed by atoms with E-state index in [0.29, 0.717) is 5.75 Å². The standard InChI is InChI=1S/C23H28BNO5/c1-5-6-15-22(25-17(2)20-12-8-7-9-13-20)21-14-10-11-16-23(21)30-24(28-18(3)26)29-19(4)27/h5,7-14,16-17,22,25H,1,6,15H2,2-4H3/t17-,22-/m1/s1. The zero-order chi connectivity index (χ0) is 21.9. The molecule has 0 saturated carbocycles. The molecule has 0 fully saturated rings. The normalized spacial score (nSPS) is 12.4. The maximum absolute atomic E-state index is 11.4. The minimum Gasteiger partial charge on any atom is -0.489 e. The molecule has 0 aliphatic heterocycles. The first kappa shape index (κ1) is 23.2. The third-order valence-corrected chi connectivity index (χ3v) is 4.45. The molecule has 2 atom stereocenters. The van der Waals surface area contributed by atoms with Gasteiger partial charge in [0.25, 0.3) is 11.9 Å². The van der Waals surface area contributed by atoms with Gasteiger partial charge in [-0.15, -0.1) is 6.58 Å². The van der Waals surface area contributed by atoms with Gasteiger partial charge in [0.05, 0.1) is 0 Å². The van der Waals surface area contributed by atoms with Crippen molar-refractivity contribution >= 4 is 19.3 Å². The molecule has 0 spiro atoms. The first-order valence-electron chi connectivity index (χ1n) is 9.92. The minimum absolute atomic E-state index is 0.0651. The van der Waals surface area contributed by atoms with Crippen molar-refractivity contribution in [3.05, 3.63) is 78.4 Å². The predicted molar refractivity (Wildman–Crippen MR) is 117 cm³/mol. The van der Waals surface area contributed by atoms with Crippen molar-refractivity contribution in [1.29, 1.82) is 0 Å². The van der Waals surface area contributed by atoms with Crippen LogP contribution in [0.3, 0.4) is 0 Å². The lowest BCUT2D eigenvalue weighted by Crippen LogP contribution is -2.35. The van der Waals surface area contributed by atoms with Crippen LogP contribution >= 0.6 is 0 Å². The Kier molecular flexibility index (Phi) is 9.16. The topological polar surface area (TPSA) is 73.9 Å². The van der Waals surface area contributed by atoms with Crippen LogP contribution in [-0.4, -0.2) is 19.3 Å². The summed E-state index contributed by atoms with van der Waals surface area (Å²) in [7, 11) is -1.45. The zero-order valence-corrected chi connectivity index (χ0v) is 17.7. The molecule has 0 aromatic heterocycles. The molecule has 2 aromatic rings. The fourth-order valence-electron chi connectivity index (χ4n) is 3.08. The molecular formula is C23H28BNO5. The van der Waals surface area contributed by atoms with E-state index in [2.05, 4.69) is 31.0 Å². The van der Waals surface area contributed by atoms with Crippen LogP contribution in [0.2, 0.25) is 0 Å². The van der Waals surface area contributed by atoms with E-state index in [1.54, 1.807) is 6.07 Å². The second-order valence-electron chi connectivity index (χ2n) is 6.88. The molecule has 0 amide bonds. The average Bonchev–Trinajstić information content (AvgIpc) is 2.71. The number of allylic oxidation sites excluding steroid dienone is 1. The molecule has 0 bridgehead atoms. The van der Waals surface area contributed by atoms with E-state index in [-0.39, 0.29) is 12.1 Å². The number of nitrogens with one attached hydrogen (secondary N) is 1. The van der Waals surface area contributed by atoms with E-state index >= 15 is 0 Å². The predicted octanol–water partition coefficient (Wildman–Crippen LogP) is 4.53. The lowest BCUT2D eigenvalue weighted by Gasteiger charge is -2.26. The van der Waals surface area contributed by atoms with E-state index < -0.39 is 19.3 Å². The van der Waals surface area contributed by atoms with Crippen molar-refractivity contribution in [2.75, 3.05) is 0 Å². The Labute approximate surface area is 178 Å². The van der Waals surface area contributed by atoms with Gasteiger partial charge in [-0.3, -0.25) is 9.59 Å². The van der Waals surface area contributed by atoms with Crippen LogP contribution in [0.4, 0.5) is 0 Å². The molecule has 158 valence electrons. The number of para-hydroxylation sites is 1. The van der Waals surface area contributed by atoms with Gasteiger partial charge in [0.2, 0.25) is 0 Å². The van der Waals surface area contributed by atoms with Crippen molar-refractivity contribution in [2.24, 2.45) is 0 Å². The Balaban J connectivity index is 2.28. The zero-order valence-electron chi connectivity index (χ0n) is 17.7. The van der Waals surface area contributed by atoms with Gasteiger partial charge in [0.15, 0.2) is 0 Å². The smallest absolute Gasteiger partial charge is 0.489 e. The second-order valence-corrected chi connectivity index (χ2v) is 6.88. The van der Waals surface area contributed by atoms with E-state index in [4.69, 9.17) is 14.0 Å². The lowest BCUT2D eigenvalue weighted by molar-refractivity contribution is -0.139. The summed E-state index contributed by atoms with van der Waals surface area (Å²) in [4.78, 5) is 22.7. The molecular weight excluding hydrogens is 381 g/mol. The van der Waals surface area contributed by atoms with Crippen LogP contribution in [0, 0.1) is 0 Å². The van der Waals surface area contributed by atoms with Crippen LogP contribution in [0.25, 0.3) is 0 Å². The van der Waals surface area contributed by atoms with Gasteiger partial charge >= 0.3 is 7.32 Å². The van der Waals surface area contributed by atoms with Crippen LogP contribution in [-0.2, 0) is 18.9 Å². The molecule has 0 saturated heterocycles. The van der Waals surface area contributed by atoms with E-state index in [1.165, 1.54) is 13.8 Å². The molecule has 0 unspecified atom stereocenters. The number of hydrogen-bond acceptors (Lipinski definition) is 6. The van der Waals surface area contributed by atoms with E-state index in [0.717, 1.165) is 24.0 Å². The number of carbonyl (C=O) groups excluding carboxylic acids is 2. The molecule has 2 rings (SSSR count). The van der Waals surface area contributed by atoms with Crippen molar-refractivity contribution in [3.8, 4) is 5.75 Å². The summed E-state index contributed by atoms with van der Waals surface area (Å²) in [5.41, 5.74) is 2.03. The number of benzene rings is 2. The summed E-state index contributed by atoms with van der Waals surface area (Å²) in [5.74, 6) is -0.762. The molecule has 0 heterocycles. The molecule has 0 aliphatic carbocycles. The Bertz CT molecular complexity index is 826. The third kappa shape index (κ3) is 7.41. The lowest BCUT2D eigenvalue weighted by atomic mass is 9.98. The molecule has 1 N–H and O–H groups in total. The van der Waals surface area contributed by atoms with Crippen molar-refractivity contribution < 1.29 is 23.6 Å². The van der Waals surface area contributed by atoms with Crippen LogP contribution in [0.1, 0.15) is 56.8 Å². The second kappa shape index (κ2) is 11.8. The summed E-state index contributed by atoms with van der Waals surface area (Å²) in [5, 5.41) is 3.64. The quantitative estimate of drug-likeness (QED) is 0.434. The summed E-state index contributed by atoms with van der Waals surface area (Å²) in [6.07, 6.45) is 3.45. The van der Waals surface area contributed by atoms with Crippen LogP contribution < -0.4 is 9.97 Å². The van der Waals surface area contributed by atoms with Gasteiger partial charge in [-0.25, -0.2) is 0 Å². The van der Waals surface area contributed by atoms with Gasteiger partial charge in [-0.1, -0.05) is 54.6 Å². The van der Waals surface area contributed by atoms with Gasteiger partial charge < -0.3 is 19.3 Å². The SMILES string of the molecule is C=CCC[C@@H](N[C@H](C)c1ccccc1)c1ccccc1OB(OC(C)=O)OC(C)=O. The summed E-state index contributed by atoms with van der Waals surface area (Å²) in [6.45, 7) is 8.37. The highest BCUT2D eigenvalue weighted by atomic mass is 16.8. The summed E-state index contributed by atoms with van der Waals surface area (Å²) in [6, 6.07) is 17.6. The molecule has 0 aliphatic rings. The first-order valence-corrected chi connectivity index (χ1v) is 9.92. The minimum atomic E-state index is -1.45. The summed E-state index contributed by atoms with van der Waals surface area (Å²) < 4.78 is 15.7. The Morgan fingerprint density at radius 3 is 2.23 bits per heavy atom. The van der Waals surface area contributed by atoms with Gasteiger partial charge in [0.1, 0.15) is 5.75 Å². The third-order valence-electron chi connectivity index (χ3n) is 4.45. The number of carbonyl (C=O) groups is 2. The number of rotatable bonds is 11. The average molecular weight is 409 g/mol. The Morgan fingerprint density at radius 2 is 1.63 bits per heavy atom. The molecule has 6 nitrogen and oxygen atoms in total. The van der Waals surface area contributed by atoms with Crippen molar-refractivity contribution in [3.63, 3.8) is 0 Å². The Morgan fingerprint density at radius 1 is 1.03 bits per heavy atom. The highest BCUT2D eigenvalue weighted by molar-refractivity contribution is 6.42. The van der Waals surface area contributed by atoms with Gasteiger partial charge in [-0.05, 0) is 31.4 Å². The van der Waals surface area contributed by atoms with Crippen LogP contribution in [0.15, 0.2) is 67.3 Å². The van der Waals surface area contributed by atoms with Crippen molar-refractivity contribution in [1.82, 2.24) is 5.32 Å². The Hall–Kier alpha value is -3.06. The van der Waals surface area contributed by atoms with Crippen molar-refractivity contribution in [2.45, 2.75) is 45.7 Å². The molecule has 0 radical (unpaired) electrons. The van der Waals surface area contributed by atoms with Crippen LogP contribution in [0.5, 0.6) is 5.75 Å². The molecule has 7 heteroatoms. The van der Waals surface area contributed by atoms with E-state index in [1.807, 2.05) is 42.5 Å². The maximum Gasteiger partial charge on any atom is 0.868 e. The molecule has 30 heavy (non-hydrogen) atoms. The van der Waals surface area contributed by atoms with Gasteiger partial charge in [-0.2, -0.15) is 0 Å². The maximum atomic E-state index is 11.4. The monoisotopic (exact) mass is 409 g/mol.